The van der Waals surface area contributed by atoms with E-state index < -0.39 is 18.3 Å². The number of nitrogens with zero attached hydrogens (tertiary/aromatic N) is 1. The van der Waals surface area contributed by atoms with Crippen LogP contribution >= 0.6 is 0 Å². The van der Waals surface area contributed by atoms with Crippen molar-refractivity contribution in [3.8, 4) is 0 Å². The molecule has 1 rings (SSSR count). The third-order valence-electron chi connectivity index (χ3n) is 3.58. The summed E-state index contributed by atoms with van der Waals surface area (Å²) in [6.45, 7) is 1.93. The van der Waals surface area contributed by atoms with Gasteiger partial charge >= 0.3 is 6.18 Å². The van der Waals surface area contributed by atoms with Gasteiger partial charge in [-0.15, -0.1) is 0 Å². The largest absolute Gasteiger partial charge is 0.405 e. The molecule has 0 amide bonds. The predicted molar refractivity (Wildman–Crippen MR) is 62.7 cm³/mol. The third-order valence-corrected chi connectivity index (χ3v) is 3.58. The second-order valence-electron chi connectivity index (χ2n) is 5.29. The summed E-state index contributed by atoms with van der Waals surface area (Å²) in [5.74, 6) is 0.400. The Balaban J connectivity index is 2.55. The molecule has 0 aliphatic heterocycles. The molecule has 1 fully saturated rings. The van der Waals surface area contributed by atoms with Gasteiger partial charge in [0.05, 0.1) is 0 Å². The number of alkyl halides is 3. The number of likely N-dealkylation sites (N-methyl/N-ethyl adjacent to an activating group) is 1. The summed E-state index contributed by atoms with van der Waals surface area (Å²) < 4.78 is 38.6. The molecule has 2 N–H and O–H groups in total. The summed E-state index contributed by atoms with van der Waals surface area (Å²) in [6.07, 6.45) is 1.37. The SMILES string of the molecule is CC(N)C(N(C)CC1CCCCC1)C(F)(F)F. The third kappa shape index (κ3) is 4.47. The lowest BCUT2D eigenvalue weighted by atomic mass is 9.88. The molecule has 2 unspecified atom stereocenters. The Kier molecular flexibility index (Phi) is 5.25. The smallest absolute Gasteiger partial charge is 0.326 e. The molecule has 0 aromatic heterocycles. The number of hydrogen-bond acceptors (Lipinski definition) is 2. The first kappa shape index (κ1) is 14.8. The van der Waals surface area contributed by atoms with Crippen molar-refractivity contribution < 1.29 is 13.2 Å². The Labute approximate surface area is 101 Å². The van der Waals surface area contributed by atoms with Crippen LogP contribution in [0.2, 0.25) is 0 Å². The molecule has 5 heteroatoms. The van der Waals surface area contributed by atoms with Crippen LogP contribution in [0.25, 0.3) is 0 Å². The molecule has 0 saturated heterocycles. The van der Waals surface area contributed by atoms with Gasteiger partial charge in [-0.3, -0.25) is 4.90 Å². The Morgan fingerprint density at radius 2 is 1.76 bits per heavy atom. The average Bonchev–Trinajstić information content (AvgIpc) is 2.15. The van der Waals surface area contributed by atoms with E-state index in [4.69, 9.17) is 5.73 Å². The predicted octanol–water partition coefficient (Wildman–Crippen LogP) is 2.78. The first-order chi connectivity index (χ1) is 7.82. The Morgan fingerprint density at radius 3 is 2.18 bits per heavy atom. The fourth-order valence-corrected chi connectivity index (χ4v) is 2.84. The second-order valence-corrected chi connectivity index (χ2v) is 5.29. The molecular formula is C12H23F3N2. The number of rotatable bonds is 4. The summed E-state index contributed by atoms with van der Waals surface area (Å²) in [4.78, 5) is 1.39. The zero-order valence-corrected chi connectivity index (χ0v) is 10.6. The van der Waals surface area contributed by atoms with Crippen molar-refractivity contribution in [3.05, 3.63) is 0 Å². The molecule has 2 nitrogen and oxygen atoms in total. The number of hydrogen-bond donors (Lipinski definition) is 1. The molecule has 102 valence electrons. The van der Waals surface area contributed by atoms with E-state index in [9.17, 15) is 13.2 Å². The van der Waals surface area contributed by atoms with Gasteiger partial charge in [-0.25, -0.2) is 0 Å². The van der Waals surface area contributed by atoms with Crippen molar-refractivity contribution >= 4 is 0 Å². The standard InChI is InChI=1S/C12H23F3N2/c1-9(16)11(12(13,14)15)17(2)8-10-6-4-3-5-7-10/h9-11H,3-8,16H2,1-2H3. The first-order valence-corrected chi connectivity index (χ1v) is 6.35. The fraction of sp³-hybridized carbons (Fsp3) is 1.00. The van der Waals surface area contributed by atoms with E-state index in [2.05, 4.69) is 0 Å². The zero-order chi connectivity index (χ0) is 13.1. The van der Waals surface area contributed by atoms with Crippen LogP contribution in [0.1, 0.15) is 39.0 Å². The molecule has 2 atom stereocenters. The van der Waals surface area contributed by atoms with Crippen LogP contribution in [0.5, 0.6) is 0 Å². The van der Waals surface area contributed by atoms with E-state index in [-0.39, 0.29) is 0 Å². The van der Waals surface area contributed by atoms with Gasteiger partial charge in [0, 0.05) is 12.6 Å². The van der Waals surface area contributed by atoms with E-state index >= 15 is 0 Å². The van der Waals surface area contributed by atoms with Crippen molar-refractivity contribution in [1.82, 2.24) is 4.90 Å². The van der Waals surface area contributed by atoms with Gasteiger partial charge in [-0.2, -0.15) is 13.2 Å². The maximum Gasteiger partial charge on any atom is 0.405 e. The molecule has 0 radical (unpaired) electrons. The highest BCUT2D eigenvalue weighted by molar-refractivity contribution is 4.85. The normalized spacial score (nSPS) is 22.8. The molecule has 0 aromatic rings. The summed E-state index contributed by atoms with van der Waals surface area (Å²) >= 11 is 0. The van der Waals surface area contributed by atoms with Crippen LogP contribution in [-0.2, 0) is 0 Å². The van der Waals surface area contributed by atoms with Crippen LogP contribution in [-0.4, -0.2) is 36.8 Å². The molecule has 0 aromatic carbocycles. The van der Waals surface area contributed by atoms with Crippen molar-refractivity contribution in [3.63, 3.8) is 0 Å². The molecule has 0 bridgehead atoms. The number of nitrogens with two attached hydrogens (primary N) is 1. The van der Waals surface area contributed by atoms with Crippen LogP contribution < -0.4 is 5.73 Å². The first-order valence-electron chi connectivity index (χ1n) is 6.35. The minimum atomic E-state index is -4.24. The molecule has 0 heterocycles. The van der Waals surface area contributed by atoms with E-state index in [1.54, 1.807) is 0 Å². The van der Waals surface area contributed by atoms with Crippen molar-refractivity contribution in [2.24, 2.45) is 11.7 Å². The topological polar surface area (TPSA) is 29.3 Å². The van der Waals surface area contributed by atoms with Crippen molar-refractivity contribution in [2.45, 2.75) is 57.3 Å². The molecular weight excluding hydrogens is 229 g/mol. The number of halogens is 3. The lowest BCUT2D eigenvalue weighted by molar-refractivity contribution is -0.186. The monoisotopic (exact) mass is 252 g/mol. The summed E-state index contributed by atoms with van der Waals surface area (Å²) in [5, 5.41) is 0. The Hall–Kier alpha value is -0.290. The highest BCUT2D eigenvalue weighted by Crippen LogP contribution is 2.29. The second kappa shape index (κ2) is 6.05. The molecule has 1 saturated carbocycles. The fourth-order valence-electron chi connectivity index (χ4n) is 2.84. The average molecular weight is 252 g/mol. The van der Waals surface area contributed by atoms with Crippen LogP contribution in [0.15, 0.2) is 0 Å². The van der Waals surface area contributed by atoms with Crippen LogP contribution in [0.3, 0.4) is 0 Å². The minimum absolute atomic E-state index is 0.400. The lowest BCUT2D eigenvalue weighted by Gasteiger charge is -2.35. The maximum atomic E-state index is 12.9. The summed E-state index contributed by atoms with van der Waals surface area (Å²) in [5.41, 5.74) is 5.47. The molecule has 0 spiro atoms. The van der Waals surface area contributed by atoms with E-state index in [1.165, 1.54) is 25.3 Å². The van der Waals surface area contributed by atoms with E-state index in [0.717, 1.165) is 25.7 Å². The van der Waals surface area contributed by atoms with Crippen molar-refractivity contribution in [2.75, 3.05) is 13.6 Å². The van der Waals surface area contributed by atoms with E-state index in [0.29, 0.717) is 12.5 Å². The molecule has 17 heavy (non-hydrogen) atoms. The zero-order valence-electron chi connectivity index (χ0n) is 10.6. The van der Waals surface area contributed by atoms with Gasteiger partial charge in [0.2, 0.25) is 0 Å². The van der Waals surface area contributed by atoms with Gasteiger partial charge < -0.3 is 5.73 Å². The van der Waals surface area contributed by atoms with E-state index in [1.807, 2.05) is 0 Å². The highest BCUT2D eigenvalue weighted by atomic mass is 19.4. The van der Waals surface area contributed by atoms with Gasteiger partial charge in [-0.1, -0.05) is 19.3 Å². The van der Waals surface area contributed by atoms with Crippen LogP contribution in [0, 0.1) is 5.92 Å². The van der Waals surface area contributed by atoms with Crippen LogP contribution in [0.4, 0.5) is 13.2 Å². The van der Waals surface area contributed by atoms with Crippen molar-refractivity contribution in [1.29, 1.82) is 0 Å². The lowest BCUT2D eigenvalue weighted by Crippen LogP contribution is -2.54. The minimum Gasteiger partial charge on any atom is -0.326 e. The molecule has 1 aliphatic rings. The van der Waals surface area contributed by atoms with Gasteiger partial charge in [0.1, 0.15) is 6.04 Å². The maximum absolute atomic E-state index is 12.9. The summed E-state index contributed by atoms with van der Waals surface area (Å²) in [6, 6.07) is -2.41. The Bertz CT molecular complexity index is 222. The molecule has 1 aliphatic carbocycles. The quantitative estimate of drug-likeness (QED) is 0.833. The Morgan fingerprint density at radius 1 is 1.24 bits per heavy atom. The van der Waals surface area contributed by atoms with Gasteiger partial charge in [0.25, 0.3) is 0 Å². The van der Waals surface area contributed by atoms with Gasteiger partial charge in [-0.05, 0) is 32.7 Å². The van der Waals surface area contributed by atoms with Gasteiger partial charge in [0.15, 0.2) is 0 Å². The summed E-state index contributed by atoms with van der Waals surface area (Å²) in [7, 11) is 1.54. The highest BCUT2D eigenvalue weighted by Gasteiger charge is 2.44.